The van der Waals surface area contributed by atoms with E-state index in [0.29, 0.717) is 0 Å². The van der Waals surface area contributed by atoms with E-state index in [-0.39, 0.29) is 11.0 Å². The predicted molar refractivity (Wildman–Crippen MR) is 52.0 cm³/mol. The maximum atomic E-state index is 11.3. The summed E-state index contributed by atoms with van der Waals surface area (Å²) >= 11 is 5.51. The van der Waals surface area contributed by atoms with Crippen LogP contribution in [0.2, 0.25) is 5.22 Å². The summed E-state index contributed by atoms with van der Waals surface area (Å²) in [7, 11) is 0. The van der Waals surface area contributed by atoms with E-state index in [4.69, 9.17) is 20.9 Å². The highest BCUT2D eigenvalue weighted by atomic mass is 35.5. The van der Waals surface area contributed by atoms with Gasteiger partial charge in [-0.1, -0.05) is 0 Å². The Labute approximate surface area is 87.1 Å². The van der Waals surface area contributed by atoms with Crippen LogP contribution in [0.5, 0.6) is 0 Å². The van der Waals surface area contributed by atoms with Crippen molar-refractivity contribution in [1.29, 1.82) is 0 Å². The van der Waals surface area contributed by atoms with E-state index < -0.39 is 11.5 Å². The van der Waals surface area contributed by atoms with Crippen molar-refractivity contribution in [2.24, 2.45) is 0 Å². The molecular formula is C9H12ClNO3. The first-order valence-corrected chi connectivity index (χ1v) is 4.50. The van der Waals surface area contributed by atoms with Crippen LogP contribution in [-0.2, 0) is 4.84 Å². The Balaban J connectivity index is 2.52. The van der Waals surface area contributed by atoms with Crippen LogP contribution in [0.3, 0.4) is 0 Å². The van der Waals surface area contributed by atoms with Crippen molar-refractivity contribution in [3.63, 3.8) is 0 Å². The van der Waals surface area contributed by atoms with Gasteiger partial charge in [-0.3, -0.25) is 9.63 Å². The van der Waals surface area contributed by atoms with Crippen LogP contribution in [-0.4, -0.2) is 11.5 Å². The molecule has 1 amide bonds. The summed E-state index contributed by atoms with van der Waals surface area (Å²) in [5.74, 6) is -0.328. The standard InChI is InChI=1S/C9H12ClNO3/c1-9(2,3)14-11-8(12)6-4-5-7(10)13-6/h4-5H,1-3H3,(H,11,12). The third kappa shape index (κ3) is 3.40. The van der Waals surface area contributed by atoms with E-state index in [0.717, 1.165) is 0 Å². The van der Waals surface area contributed by atoms with E-state index in [2.05, 4.69) is 5.48 Å². The minimum Gasteiger partial charge on any atom is -0.439 e. The maximum Gasteiger partial charge on any atom is 0.310 e. The molecule has 78 valence electrons. The Hall–Kier alpha value is -1.00. The second-order valence-corrected chi connectivity index (χ2v) is 4.12. The van der Waals surface area contributed by atoms with Gasteiger partial charge in [0.2, 0.25) is 0 Å². The molecule has 0 aliphatic rings. The van der Waals surface area contributed by atoms with E-state index >= 15 is 0 Å². The summed E-state index contributed by atoms with van der Waals surface area (Å²) in [5, 5.41) is 0.172. The number of hydroxylamine groups is 1. The smallest absolute Gasteiger partial charge is 0.310 e. The van der Waals surface area contributed by atoms with Gasteiger partial charge in [-0.2, -0.15) is 0 Å². The molecule has 0 fully saturated rings. The molecule has 0 saturated carbocycles. The van der Waals surface area contributed by atoms with Crippen LogP contribution in [0.4, 0.5) is 0 Å². The first-order valence-electron chi connectivity index (χ1n) is 4.12. The first-order chi connectivity index (χ1) is 6.38. The van der Waals surface area contributed by atoms with Gasteiger partial charge >= 0.3 is 5.91 Å². The summed E-state index contributed by atoms with van der Waals surface area (Å²) in [6.07, 6.45) is 0. The van der Waals surface area contributed by atoms with E-state index in [1.807, 2.05) is 20.8 Å². The second kappa shape index (κ2) is 4.02. The minimum atomic E-state index is -0.452. The molecule has 0 bridgehead atoms. The van der Waals surface area contributed by atoms with E-state index in [1.165, 1.54) is 12.1 Å². The monoisotopic (exact) mass is 217 g/mol. The average Bonchev–Trinajstić information content (AvgIpc) is 2.46. The van der Waals surface area contributed by atoms with Gasteiger partial charge in [0.25, 0.3) is 0 Å². The highest BCUT2D eigenvalue weighted by molar-refractivity contribution is 6.29. The summed E-state index contributed by atoms with van der Waals surface area (Å²) < 4.78 is 4.88. The summed E-state index contributed by atoms with van der Waals surface area (Å²) in [6.45, 7) is 5.47. The molecule has 0 atom stereocenters. The van der Waals surface area contributed by atoms with Crippen molar-refractivity contribution >= 4 is 17.5 Å². The van der Waals surface area contributed by atoms with Crippen LogP contribution >= 0.6 is 11.6 Å². The summed E-state index contributed by atoms with van der Waals surface area (Å²) in [4.78, 5) is 16.4. The number of hydrogen-bond acceptors (Lipinski definition) is 3. The lowest BCUT2D eigenvalue weighted by Gasteiger charge is -2.18. The van der Waals surface area contributed by atoms with Gasteiger partial charge in [0, 0.05) is 0 Å². The topological polar surface area (TPSA) is 51.5 Å². The number of halogens is 1. The van der Waals surface area contributed by atoms with Crippen LogP contribution in [0.25, 0.3) is 0 Å². The summed E-state index contributed by atoms with van der Waals surface area (Å²) in [6, 6.07) is 2.97. The lowest BCUT2D eigenvalue weighted by molar-refractivity contribution is -0.0598. The molecule has 1 heterocycles. The normalized spacial score (nSPS) is 11.4. The molecule has 1 aromatic heterocycles. The molecular weight excluding hydrogens is 206 g/mol. The van der Waals surface area contributed by atoms with Crippen molar-refractivity contribution in [2.75, 3.05) is 0 Å². The molecule has 0 spiro atoms. The number of carbonyl (C=O) groups excluding carboxylic acids is 1. The molecule has 0 aliphatic heterocycles. The van der Waals surface area contributed by atoms with Crippen molar-refractivity contribution < 1.29 is 14.0 Å². The molecule has 0 aliphatic carbocycles. The molecule has 5 heteroatoms. The zero-order valence-electron chi connectivity index (χ0n) is 8.26. The minimum absolute atomic E-state index is 0.124. The number of hydrogen-bond donors (Lipinski definition) is 1. The Morgan fingerprint density at radius 3 is 2.57 bits per heavy atom. The van der Waals surface area contributed by atoms with Gasteiger partial charge in [0.05, 0.1) is 5.60 Å². The number of nitrogens with one attached hydrogen (secondary N) is 1. The molecule has 14 heavy (non-hydrogen) atoms. The predicted octanol–water partition coefficient (Wildman–Crippen LogP) is 2.39. The van der Waals surface area contributed by atoms with Crippen LogP contribution in [0.1, 0.15) is 31.3 Å². The van der Waals surface area contributed by atoms with Gasteiger partial charge in [0.1, 0.15) is 0 Å². The maximum absolute atomic E-state index is 11.3. The Kier molecular flexibility index (Phi) is 3.18. The number of furan rings is 1. The number of amides is 1. The Morgan fingerprint density at radius 2 is 2.14 bits per heavy atom. The number of carbonyl (C=O) groups is 1. The zero-order valence-corrected chi connectivity index (χ0v) is 9.01. The SMILES string of the molecule is CC(C)(C)ONC(=O)c1ccc(Cl)o1. The van der Waals surface area contributed by atoms with Gasteiger partial charge in [-0.15, -0.1) is 0 Å². The summed E-state index contributed by atoms with van der Waals surface area (Å²) in [5.41, 5.74) is 1.82. The van der Waals surface area contributed by atoms with Crippen molar-refractivity contribution in [3.8, 4) is 0 Å². The lowest BCUT2D eigenvalue weighted by Crippen LogP contribution is -2.33. The molecule has 0 aromatic carbocycles. The Morgan fingerprint density at radius 1 is 1.50 bits per heavy atom. The molecule has 0 unspecified atom stereocenters. The molecule has 1 aromatic rings. The lowest BCUT2D eigenvalue weighted by atomic mass is 10.2. The third-order valence-corrected chi connectivity index (χ3v) is 1.45. The molecule has 1 rings (SSSR count). The quantitative estimate of drug-likeness (QED) is 0.774. The fourth-order valence-corrected chi connectivity index (χ4v) is 0.832. The first kappa shape index (κ1) is 11.1. The molecule has 1 N–H and O–H groups in total. The molecule has 4 nitrogen and oxygen atoms in total. The third-order valence-electron chi connectivity index (χ3n) is 1.25. The zero-order chi connectivity index (χ0) is 10.8. The van der Waals surface area contributed by atoms with Crippen molar-refractivity contribution in [2.45, 2.75) is 26.4 Å². The second-order valence-electron chi connectivity index (χ2n) is 3.75. The Bertz CT molecular complexity index is 327. The van der Waals surface area contributed by atoms with Gasteiger partial charge in [0.15, 0.2) is 11.0 Å². The van der Waals surface area contributed by atoms with E-state index in [9.17, 15) is 4.79 Å². The van der Waals surface area contributed by atoms with Crippen LogP contribution in [0.15, 0.2) is 16.5 Å². The van der Waals surface area contributed by atoms with Gasteiger partial charge in [-0.05, 0) is 44.5 Å². The van der Waals surface area contributed by atoms with Crippen LogP contribution in [0, 0.1) is 0 Å². The average molecular weight is 218 g/mol. The van der Waals surface area contributed by atoms with Crippen molar-refractivity contribution in [3.05, 3.63) is 23.1 Å². The fourth-order valence-electron chi connectivity index (χ4n) is 0.686. The van der Waals surface area contributed by atoms with Gasteiger partial charge < -0.3 is 4.42 Å². The fraction of sp³-hybridized carbons (Fsp3) is 0.444. The van der Waals surface area contributed by atoms with E-state index in [1.54, 1.807) is 0 Å². The van der Waals surface area contributed by atoms with Crippen molar-refractivity contribution in [1.82, 2.24) is 5.48 Å². The molecule has 0 saturated heterocycles. The molecule has 0 radical (unpaired) electrons. The highest BCUT2D eigenvalue weighted by Crippen LogP contribution is 2.13. The van der Waals surface area contributed by atoms with Gasteiger partial charge in [-0.25, -0.2) is 5.48 Å². The largest absolute Gasteiger partial charge is 0.439 e. The highest BCUT2D eigenvalue weighted by Gasteiger charge is 2.15. The number of rotatable bonds is 2. The van der Waals surface area contributed by atoms with Crippen LogP contribution < -0.4 is 5.48 Å².